The number of anilines is 1. The van der Waals surface area contributed by atoms with Crippen LogP contribution in [0.3, 0.4) is 0 Å². The third-order valence-electron chi connectivity index (χ3n) is 2.40. The normalized spacial score (nSPS) is 10.4. The number of halogens is 1. The van der Waals surface area contributed by atoms with Crippen LogP contribution in [0.5, 0.6) is 0 Å². The number of aryl methyl sites for hydroxylation is 1. The summed E-state index contributed by atoms with van der Waals surface area (Å²) in [6.45, 7) is 0.500. The zero-order valence-corrected chi connectivity index (χ0v) is 9.26. The van der Waals surface area contributed by atoms with Gasteiger partial charge >= 0.3 is 0 Å². The summed E-state index contributed by atoms with van der Waals surface area (Å²) in [6.07, 6.45) is 6.46. The first-order chi connectivity index (χ1) is 7.66. The van der Waals surface area contributed by atoms with Gasteiger partial charge in [0.2, 0.25) is 0 Å². The van der Waals surface area contributed by atoms with E-state index < -0.39 is 0 Å². The van der Waals surface area contributed by atoms with Gasteiger partial charge in [0.1, 0.15) is 5.82 Å². The monoisotopic (exact) mass is 220 g/mol. The maximum Gasteiger partial charge on any atom is 0.146 e. The Balaban J connectivity index is 2.13. The lowest BCUT2D eigenvalue weighted by Crippen LogP contribution is -2.16. The van der Waals surface area contributed by atoms with Crippen LogP contribution < -0.4 is 4.90 Å². The van der Waals surface area contributed by atoms with Crippen molar-refractivity contribution in [1.29, 1.82) is 0 Å². The van der Waals surface area contributed by atoms with E-state index in [0.717, 1.165) is 5.69 Å². The van der Waals surface area contributed by atoms with Gasteiger partial charge in [0.25, 0.3) is 0 Å². The third-order valence-corrected chi connectivity index (χ3v) is 2.40. The fourth-order valence-electron chi connectivity index (χ4n) is 1.48. The van der Waals surface area contributed by atoms with Gasteiger partial charge in [-0.15, -0.1) is 0 Å². The van der Waals surface area contributed by atoms with Crippen LogP contribution in [0.4, 0.5) is 10.1 Å². The van der Waals surface area contributed by atoms with Gasteiger partial charge in [-0.2, -0.15) is 5.10 Å². The summed E-state index contributed by atoms with van der Waals surface area (Å²) in [5.41, 5.74) is 1.58. The van der Waals surface area contributed by atoms with Crippen LogP contribution in [0.15, 0.2) is 30.9 Å². The van der Waals surface area contributed by atoms with E-state index in [4.69, 9.17) is 0 Å². The Labute approximate surface area is 93.3 Å². The first-order valence-electron chi connectivity index (χ1n) is 4.95. The molecule has 2 aromatic rings. The number of pyridine rings is 1. The Hall–Kier alpha value is -1.91. The summed E-state index contributed by atoms with van der Waals surface area (Å²) in [6, 6.07) is 1.68. The van der Waals surface area contributed by atoms with E-state index in [2.05, 4.69) is 10.1 Å². The summed E-state index contributed by atoms with van der Waals surface area (Å²) in [4.78, 5) is 5.66. The molecule has 84 valence electrons. The molecule has 0 saturated carbocycles. The number of hydrogen-bond donors (Lipinski definition) is 0. The Morgan fingerprint density at radius 2 is 2.25 bits per heavy atom. The smallest absolute Gasteiger partial charge is 0.146 e. The fraction of sp³-hybridized carbons (Fsp3) is 0.273. The highest BCUT2D eigenvalue weighted by Gasteiger charge is 2.07. The van der Waals surface area contributed by atoms with Crippen LogP contribution in [0, 0.1) is 5.82 Å². The van der Waals surface area contributed by atoms with Crippen molar-refractivity contribution in [1.82, 2.24) is 14.8 Å². The maximum absolute atomic E-state index is 13.4. The standard InChI is InChI=1S/C11H13FN4/c1-15(10-5-14-16(2)8-10)7-9-3-4-13-6-11(9)12/h3-6,8H,7H2,1-2H3. The summed E-state index contributed by atoms with van der Waals surface area (Å²) >= 11 is 0. The molecule has 4 nitrogen and oxygen atoms in total. The summed E-state index contributed by atoms with van der Waals surface area (Å²) < 4.78 is 15.1. The Morgan fingerprint density at radius 1 is 1.44 bits per heavy atom. The predicted octanol–water partition coefficient (Wildman–Crippen LogP) is 1.59. The number of aromatic nitrogens is 3. The van der Waals surface area contributed by atoms with E-state index >= 15 is 0 Å². The molecule has 0 spiro atoms. The quantitative estimate of drug-likeness (QED) is 0.787. The Morgan fingerprint density at radius 3 is 2.88 bits per heavy atom. The molecule has 16 heavy (non-hydrogen) atoms. The van der Waals surface area contributed by atoms with Gasteiger partial charge in [-0.25, -0.2) is 4.39 Å². The average Bonchev–Trinajstić information content (AvgIpc) is 2.68. The highest BCUT2D eigenvalue weighted by Crippen LogP contribution is 2.14. The lowest BCUT2D eigenvalue weighted by atomic mass is 10.2. The molecule has 0 aliphatic carbocycles. The average molecular weight is 220 g/mol. The molecule has 0 fully saturated rings. The van der Waals surface area contributed by atoms with Crippen molar-refractivity contribution in [2.45, 2.75) is 6.54 Å². The van der Waals surface area contributed by atoms with Crippen LogP contribution >= 0.6 is 0 Å². The van der Waals surface area contributed by atoms with E-state index in [-0.39, 0.29) is 5.82 Å². The second kappa shape index (κ2) is 4.30. The van der Waals surface area contributed by atoms with Crippen molar-refractivity contribution in [2.24, 2.45) is 7.05 Å². The predicted molar refractivity (Wildman–Crippen MR) is 59.5 cm³/mol. The minimum atomic E-state index is -0.279. The molecule has 0 aliphatic rings. The van der Waals surface area contributed by atoms with Crippen molar-refractivity contribution < 1.29 is 4.39 Å². The van der Waals surface area contributed by atoms with Crippen molar-refractivity contribution in [3.63, 3.8) is 0 Å². The molecule has 0 bridgehead atoms. The molecule has 0 aliphatic heterocycles. The van der Waals surface area contributed by atoms with Gasteiger partial charge in [-0.1, -0.05) is 0 Å². The molecule has 0 N–H and O–H groups in total. The van der Waals surface area contributed by atoms with Crippen molar-refractivity contribution in [3.05, 3.63) is 42.2 Å². The fourth-order valence-corrected chi connectivity index (χ4v) is 1.48. The Bertz CT molecular complexity index is 480. The molecule has 0 amide bonds. The second-order valence-electron chi connectivity index (χ2n) is 3.70. The van der Waals surface area contributed by atoms with Gasteiger partial charge in [0.15, 0.2) is 0 Å². The third kappa shape index (κ3) is 2.18. The van der Waals surface area contributed by atoms with Crippen LogP contribution in [-0.2, 0) is 13.6 Å². The number of hydrogen-bond acceptors (Lipinski definition) is 3. The van der Waals surface area contributed by atoms with Crippen LogP contribution in [0.1, 0.15) is 5.56 Å². The van der Waals surface area contributed by atoms with Gasteiger partial charge in [0.05, 0.1) is 18.1 Å². The SMILES string of the molecule is CN(Cc1ccncc1F)c1cnn(C)c1. The Kier molecular flexibility index (Phi) is 2.85. The zero-order valence-electron chi connectivity index (χ0n) is 9.26. The molecular formula is C11H13FN4. The van der Waals surface area contributed by atoms with E-state index in [1.54, 1.807) is 23.1 Å². The molecule has 0 atom stereocenters. The van der Waals surface area contributed by atoms with Crippen molar-refractivity contribution in [2.75, 3.05) is 11.9 Å². The molecule has 0 aromatic carbocycles. The van der Waals surface area contributed by atoms with Crippen molar-refractivity contribution in [3.8, 4) is 0 Å². The lowest BCUT2D eigenvalue weighted by molar-refractivity contribution is 0.601. The first kappa shape index (κ1) is 10.6. The molecule has 5 heteroatoms. The van der Waals surface area contributed by atoms with E-state index in [9.17, 15) is 4.39 Å². The van der Waals surface area contributed by atoms with Crippen LogP contribution in [-0.4, -0.2) is 21.8 Å². The zero-order chi connectivity index (χ0) is 11.5. The van der Waals surface area contributed by atoms with Gasteiger partial charge < -0.3 is 4.90 Å². The minimum absolute atomic E-state index is 0.279. The van der Waals surface area contributed by atoms with Crippen molar-refractivity contribution >= 4 is 5.69 Å². The molecule has 0 radical (unpaired) electrons. The van der Waals surface area contributed by atoms with Gasteiger partial charge in [-0.05, 0) is 6.07 Å². The second-order valence-corrected chi connectivity index (χ2v) is 3.70. The minimum Gasteiger partial charge on any atom is -0.368 e. The summed E-state index contributed by atoms with van der Waals surface area (Å²) in [5.74, 6) is -0.279. The van der Waals surface area contributed by atoms with E-state index in [1.807, 2.05) is 25.2 Å². The maximum atomic E-state index is 13.4. The highest BCUT2D eigenvalue weighted by atomic mass is 19.1. The van der Waals surface area contributed by atoms with Gasteiger partial charge in [-0.3, -0.25) is 9.67 Å². The molecule has 0 unspecified atom stereocenters. The van der Waals surface area contributed by atoms with Crippen LogP contribution in [0.2, 0.25) is 0 Å². The molecule has 2 aromatic heterocycles. The number of nitrogens with zero attached hydrogens (tertiary/aromatic N) is 4. The van der Waals surface area contributed by atoms with Gasteiger partial charge in [0, 0.05) is 38.6 Å². The van der Waals surface area contributed by atoms with E-state index in [0.29, 0.717) is 12.1 Å². The molecule has 0 saturated heterocycles. The highest BCUT2D eigenvalue weighted by molar-refractivity contribution is 5.42. The molecular weight excluding hydrogens is 207 g/mol. The summed E-state index contributed by atoms with van der Waals surface area (Å²) in [7, 11) is 3.75. The van der Waals surface area contributed by atoms with E-state index in [1.165, 1.54) is 6.20 Å². The number of rotatable bonds is 3. The lowest BCUT2D eigenvalue weighted by Gasteiger charge is -2.16. The largest absolute Gasteiger partial charge is 0.368 e. The topological polar surface area (TPSA) is 34.0 Å². The van der Waals surface area contributed by atoms with Crippen LogP contribution in [0.25, 0.3) is 0 Å². The molecule has 2 rings (SSSR count). The summed E-state index contributed by atoms with van der Waals surface area (Å²) in [5, 5.41) is 4.07. The molecule has 2 heterocycles. The first-order valence-corrected chi connectivity index (χ1v) is 4.95.